The summed E-state index contributed by atoms with van der Waals surface area (Å²) in [5.41, 5.74) is 2.42. The zero-order valence-electron chi connectivity index (χ0n) is 13.1. The van der Waals surface area contributed by atoms with Gasteiger partial charge in [0.1, 0.15) is 0 Å². The highest BCUT2D eigenvalue weighted by Crippen LogP contribution is 2.24. The molecule has 1 aliphatic heterocycles. The Morgan fingerprint density at radius 2 is 2.33 bits per heavy atom. The number of carbonyl (C=O) groups is 1. The molecular weight excluding hydrogens is 414 g/mol. The molecule has 2 unspecified atom stereocenters. The quantitative estimate of drug-likeness (QED) is 0.694. The third-order valence-electron chi connectivity index (χ3n) is 3.81. The molecule has 0 saturated carbocycles. The lowest BCUT2D eigenvalue weighted by molar-refractivity contribution is -0.117. The molecule has 1 amide bonds. The first-order valence-electron chi connectivity index (χ1n) is 7.43. The molecule has 3 rings (SSSR count). The molecule has 0 bridgehead atoms. The Balaban J connectivity index is 0.00000208. The molecule has 2 heterocycles. The molecule has 1 fully saturated rings. The highest BCUT2D eigenvalue weighted by atomic mass is 79.9. The number of anilines is 1. The number of aromatic nitrogens is 1. The summed E-state index contributed by atoms with van der Waals surface area (Å²) in [6, 6.07) is 5.93. The fourth-order valence-corrected chi connectivity index (χ4v) is 3.67. The van der Waals surface area contributed by atoms with Gasteiger partial charge in [-0.3, -0.25) is 4.79 Å². The van der Waals surface area contributed by atoms with Gasteiger partial charge in [-0.15, -0.1) is 23.7 Å². The summed E-state index contributed by atoms with van der Waals surface area (Å²) in [4.78, 5) is 17.5. The largest absolute Gasteiger partial charge is 0.392 e. The number of halogens is 2. The van der Waals surface area contributed by atoms with Gasteiger partial charge in [-0.2, -0.15) is 0 Å². The van der Waals surface area contributed by atoms with Crippen LogP contribution in [-0.2, 0) is 11.2 Å². The number of aryl methyl sites for hydroxylation is 1. The van der Waals surface area contributed by atoms with Gasteiger partial charge in [0, 0.05) is 28.5 Å². The standard InChI is InChI=1S/C16H18BrN3O2S.ClH/c1-9-4-10(2-3-13(9)17)5-12-8-19-16(23-12)20-15(22)14-6-11(21)7-18-14;/h2-4,8,11,14,18,21H,5-7H2,1H3,(H,19,20,22);1H. The number of nitrogens with one attached hydrogen (secondary N) is 2. The molecule has 1 aliphatic rings. The second-order valence-electron chi connectivity index (χ2n) is 5.73. The highest BCUT2D eigenvalue weighted by Gasteiger charge is 2.28. The Morgan fingerprint density at radius 1 is 1.54 bits per heavy atom. The Morgan fingerprint density at radius 3 is 3.00 bits per heavy atom. The molecule has 24 heavy (non-hydrogen) atoms. The van der Waals surface area contributed by atoms with Crippen molar-refractivity contribution in [2.75, 3.05) is 11.9 Å². The van der Waals surface area contributed by atoms with Gasteiger partial charge < -0.3 is 15.7 Å². The van der Waals surface area contributed by atoms with Gasteiger partial charge in [-0.05, 0) is 30.5 Å². The number of nitrogens with zero attached hydrogens (tertiary/aromatic N) is 1. The van der Waals surface area contributed by atoms with Crippen LogP contribution in [0.15, 0.2) is 28.9 Å². The van der Waals surface area contributed by atoms with Crippen LogP contribution in [0.3, 0.4) is 0 Å². The number of carbonyl (C=O) groups excluding carboxylic acids is 1. The molecule has 2 atom stereocenters. The van der Waals surface area contributed by atoms with E-state index in [2.05, 4.69) is 50.6 Å². The smallest absolute Gasteiger partial charge is 0.243 e. The maximum absolute atomic E-state index is 12.1. The fraction of sp³-hybridized carbons (Fsp3) is 0.375. The minimum absolute atomic E-state index is 0. The minimum Gasteiger partial charge on any atom is -0.392 e. The highest BCUT2D eigenvalue weighted by molar-refractivity contribution is 9.10. The van der Waals surface area contributed by atoms with Crippen LogP contribution in [0, 0.1) is 6.92 Å². The average Bonchev–Trinajstić information content (AvgIpc) is 3.12. The molecule has 0 spiro atoms. The second-order valence-corrected chi connectivity index (χ2v) is 7.70. The van der Waals surface area contributed by atoms with E-state index >= 15 is 0 Å². The number of rotatable bonds is 4. The number of amides is 1. The Labute approximate surface area is 159 Å². The molecular formula is C16H19BrClN3O2S. The second kappa shape index (κ2) is 8.40. The Bertz CT molecular complexity index is 725. The topological polar surface area (TPSA) is 74.2 Å². The van der Waals surface area contributed by atoms with Crippen molar-refractivity contribution in [2.24, 2.45) is 0 Å². The maximum atomic E-state index is 12.1. The van der Waals surface area contributed by atoms with E-state index in [4.69, 9.17) is 0 Å². The number of thiazole rings is 1. The predicted octanol–water partition coefficient (Wildman–Crippen LogP) is 2.89. The summed E-state index contributed by atoms with van der Waals surface area (Å²) in [5.74, 6) is -0.137. The van der Waals surface area contributed by atoms with E-state index in [1.807, 2.05) is 6.07 Å². The van der Waals surface area contributed by atoms with Crippen LogP contribution in [0.1, 0.15) is 22.4 Å². The third kappa shape index (κ3) is 4.77. The summed E-state index contributed by atoms with van der Waals surface area (Å²) in [7, 11) is 0. The van der Waals surface area contributed by atoms with Crippen molar-refractivity contribution in [3.63, 3.8) is 0 Å². The monoisotopic (exact) mass is 431 g/mol. The number of aliphatic hydroxyl groups excluding tert-OH is 1. The summed E-state index contributed by atoms with van der Waals surface area (Å²) < 4.78 is 1.10. The van der Waals surface area contributed by atoms with E-state index in [1.165, 1.54) is 22.5 Å². The number of aliphatic hydroxyl groups is 1. The Kier molecular flexibility index (Phi) is 6.77. The lowest BCUT2D eigenvalue weighted by atomic mass is 10.1. The maximum Gasteiger partial charge on any atom is 0.243 e. The van der Waals surface area contributed by atoms with E-state index in [0.29, 0.717) is 18.1 Å². The lowest BCUT2D eigenvalue weighted by Gasteiger charge is -2.08. The zero-order chi connectivity index (χ0) is 16.4. The summed E-state index contributed by atoms with van der Waals surface area (Å²) >= 11 is 4.98. The molecule has 0 radical (unpaired) electrons. The number of hydrogen-bond acceptors (Lipinski definition) is 5. The van der Waals surface area contributed by atoms with E-state index in [-0.39, 0.29) is 24.4 Å². The first kappa shape index (κ1) is 19.3. The van der Waals surface area contributed by atoms with E-state index < -0.39 is 6.10 Å². The molecule has 1 aromatic carbocycles. The number of benzene rings is 1. The van der Waals surface area contributed by atoms with Crippen LogP contribution in [0.4, 0.5) is 5.13 Å². The minimum atomic E-state index is -0.446. The molecule has 1 aromatic heterocycles. The first-order chi connectivity index (χ1) is 11.0. The molecule has 2 aromatic rings. The Hall–Kier alpha value is -0.990. The van der Waals surface area contributed by atoms with Crippen LogP contribution < -0.4 is 10.6 Å². The molecule has 1 saturated heterocycles. The van der Waals surface area contributed by atoms with Crippen LogP contribution in [0.25, 0.3) is 0 Å². The third-order valence-corrected chi connectivity index (χ3v) is 5.61. The van der Waals surface area contributed by atoms with Crippen molar-refractivity contribution in [1.82, 2.24) is 10.3 Å². The zero-order valence-corrected chi connectivity index (χ0v) is 16.3. The molecule has 3 N–H and O–H groups in total. The summed E-state index contributed by atoms with van der Waals surface area (Å²) in [6.45, 7) is 2.53. The van der Waals surface area contributed by atoms with Crippen LogP contribution in [0.2, 0.25) is 0 Å². The van der Waals surface area contributed by atoms with Gasteiger partial charge in [0.05, 0.1) is 12.1 Å². The fourth-order valence-electron chi connectivity index (χ4n) is 2.57. The summed E-state index contributed by atoms with van der Waals surface area (Å²) in [6.07, 6.45) is 2.59. The van der Waals surface area contributed by atoms with Gasteiger partial charge in [0.2, 0.25) is 5.91 Å². The van der Waals surface area contributed by atoms with Gasteiger partial charge >= 0.3 is 0 Å². The van der Waals surface area contributed by atoms with Crippen molar-refractivity contribution >= 4 is 50.7 Å². The van der Waals surface area contributed by atoms with Crippen molar-refractivity contribution < 1.29 is 9.90 Å². The van der Waals surface area contributed by atoms with Crippen molar-refractivity contribution in [3.05, 3.63) is 44.9 Å². The van der Waals surface area contributed by atoms with E-state index in [9.17, 15) is 9.90 Å². The number of hydrogen-bond donors (Lipinski definition) is 3. The SMILES string of the molecule is Cc1cc(Cc2cnc(NC(=O)C3CC(O)CN3)s2)ccc1Br.Cl. The molecule has 130 valence electrons. The van der Waals surface area contributed by atoms with Gasteiger partial charge in [-0.25, -0.2) is 4.98 Å². The first-order valence-corrected chi connectivity index (χ1v) is 9.04. The van der Waals surface area contributed by atoms with Crippen LogP contribution >= 0.6 is 39.7 Å². The van der Waals surface area contributed by atoms with Crippen molar-refractivity contribution in [3.8, 4) is 0 Å². The van der Waals surface area contributed by atoms with Crippen LogP contribution in [-0.4, -0.2) is 34.7 Å². The van der Waals surface area contributed by atoms with Gasteiger partial charge in [0.15, 0.2) is 5.13 Å². The summed E-state index contributed by atoms with van der Waals surface area (Å²) in [5, 5.41) is 15.9. The molecule has 0 aliphatic carbocycles. The van der Waals surface area contributed by atoms with Crippen LogP contribution in [0.5, 0.6) is 0 Å². The van der Waals surface area contributed by atoms with Crippen molar-refractivity contribution in [1.29, 1.82) is 0 Å². The van der Waals surface area contributed by atoms with Gasteiger partial charge in [-0.1, -0.05) is 28.1 Å². The van der Waals surface area contributed by atoms with Crippen molar-refractivity contribution in [2.45, 2.75) is 31.9 Å². The predicted molar refractivity (Wildman–Crippen MR) is 102 cm³/mol. The molecule has 5 nitrogen and oxygen atoms in total. The average molecular weight is 433 g/mol. The normalized spacial score (nSPS) is 19.8. The number of β-amino-alcohol motifs (C(OH)–C–C–N with tert-alkyl or cyclic N) is 1. The molecule has 8 heteroatoms. The van der Waals surface area contributed by atoms with E-state index in [1.54, 1.807) is 6.20 Å². The lowest BCUT2D eigenvalue weighted by Crippen LogP contribution is -2.35. The van der Waals surface area contributed by atoms with E-state index in [0.717, 1.165) is 15.8 Å². The van der Waals surface area contributed by atoms with Gasteiger partial charge in [0.25, 0.3) is 0 Å².